The van der Waals surface area contributed by atoms with Gasteiger partial charge in [0.25, 0.3) is 0 Å². The summed E-state index contributed by atoms with van der Waals surface area (Å²) in [6.07, 6.45) is 19.9. The van der Waals surface area contributed by atoms with Crippen molar-refractivity contribution in [3.8, 4) is 0 Å². The molecular formula is C21H44Sn. The molecule has 0 nitrogen and oxygen atoms in total. The molecule has 0 aromatic rings. The molecule has 0 amide bonds. The first-order chi connectivity index (χ1) is 10.7. The monoisotopic (exact) mass is 416 g/mol. The number of rotatable bonds is 12. The van der Waals surface area contributed by atoms with E-state index in [1.54, 1.807) is 58.3 Å². The van der Waals surface area contributed by atoms with Crippen LogP contribution in [0.25, 0.3) is 0 Å². The molecule has 0 atom stereocenters. The van der Waals surface area contributed by atoms with E-state index in [1.165, 1.54) is 38.5 Å². The van der Waals surface area contributed by atoms with Gasteiger partial charge in [-0.25, -0.2) is 0 Å². The van der Waals surface area contributed by atoms with Crippen molar-refractivity contribution in [3.63, 3.8) is 0 Å². The predicted octanol–water partition coefficient (Wildman–Crippen LogP) is 8.34. The summed E-state index contributed by atoms with van der Waals surface area (Å²) in [5.74, 6) is 0. The van der Waals surface area contributed by atoms with Crippen LogP contribution in [0.5, 0.6) is 0 Å². The summed E-state index contributed by atoms with van der Waals surface area (Å²) in [5, 5.41) is 0. The number of unbranched alkanes of at least 4 members (excludes halogenated alkanes) is 4. The zero-order valence-corrected chi connectivity index (χ0v) is 19.2. The Labute approximate surface area is 146 Å². The Hall–Kier alpha value is 0.799. The third-order valence-corrected chi connectivity index (χ3v) is 26.5. The van der Waals surface area contributed by atoms with Crippen molar-refractivity contribution in [2.24, 2.45) is 0 Å². The summed E-state index contributed by atoms with van der Waals surface area (Å²) in [4.78, 5) is 0. The fourth-order valence-electron chi connectivity index (χ4n) is 5.33. The van der Waals surface area contributed by atoms with Crippen molar-refractivity contribution in [3.05, 3.63) is 0 Å². The van der Waals surface area contributed by atoms with Gasteiger partial charge in [0.1, 0.15) is 0 Å². The van der Waals surface area contributed by atoms with Crippen molar-refractivity contribution in [1.82, 2.24) is 0 Å². The Kier molecular flexibility index (Phi) is 10.8. The summed E-state index contributed by atoms with van der Waals surface area (Å²) in [6, 6.07) is 0. The van der Waals surface area contributed by atoms with E-state index in [0.29, 0.717) is 0 Å². The van der Waals surface area contributed by atoms with Crippen LogP contribution in [-0.4, -0.2) is 18.4 Å². The molecule has 1 heteroatoms. The fourth-order valence-corrected chi connectivity index (χ4v) is 26.6. The fraction of sp³-hybridized carbons (Fsp3) is 1.00. The van der Waals surface area contributed by atoms with E-state index >= 15 is 0 Å². The average Bonchev–Trinajstić information content (AvgIpc) is 2.56. The second-order valence-electron chi connectivity index (χ2n) is 8.18. The van der Waals surface area contributed by atoms with E-state index in [1.807, 2.05) is 0 Å². The van der Waals surface area contributed by atoms with Crippen LogP contribution < -0.4 is 0 Å². The van der Waals surface area contributed by atoms with Crippen LogP contribution in [0, 0.1) is 0 Å². The van der Waals surface area contributed by atoms with Gasteiger partial charge in [0.2, 0.25) is 0 Å². The molecular weight excluding hydrogens is 371 g/mol. The van der Waals surface area contributed by atoms with Crippen molar-refractivity contribution < 1.29 is 0 Å². The first-order valence-corrected chi connectivity index (χ1v) is 18.2. The van der Waals surface area contributed by atoms with Crippen LogP contribution in [0.15, 0.2) is 0 Å². The molecule has 0 spiro atoms. The van der Waals surface area contributed by atoms with Gasteiger partial charge in [-0.2, -0.15) is 0 Å². The molecule has 0 aromatic carbocycles. The van der Waals surface area contributed by atoms with Gasteiger partial charge in [0.15, 0.2) is 0 Å². The molecule has 0 N–H and O–H groups in total. The Balaban J connectivity index is 3.03. The summed E-state index contributed by atoms with van der Waals surface area (Å²) in [5.41, 5.74) is 0. The maximum atomic E-state index is 2.42. The number of hydrogen-bond acceptors (Lipinski definition) is 0. The molecule has 1 fully saturated rings. The minimum atomic E-state index is -1.99. The van der Waals surface area contributed by atoms with E-state index in [0.717, 1.165) is 3.43 Å². The molecule has 1 aliphatic rings. The molecule has 1 rings (SSSR count). The zero-order chi connectivity index (χ0) is 16.3. The third kappa shape index (κ3) is 5.42. The van der Waals surface area contributed by atoms with Crippen LogP contribution in [-0.2, 0) is 0 Å². The number of hydrogen-bond donors (Lipinski definition) is 0. The van der Waals surface area contributed by atoms with E-state index in [4.69, 9.17) is 0 Å². The van der Waals surface area contributed by atoms with Crippen LogP contribution >= 0.6 is 0 Å². The average molecular weight is 415 g/mol. The molecule has 0 bridgehead atoms. The Morgan fingerprint density at radius 1 is 0.682 bits per heavy atom. The van der Waals surface area contributed by atoms with Crippen molar-refractivity contribution in [2.45, 2.75) is 128 Å². The van der Waals surface area contributed by atoms with Crippen LogP contribution in [0.4, 0.5) is 0 Å². The first-order valence-electron chi connectivity index (χ1n) is 10.7. The first kappa shape index (κ1) is 20.8. The summed E-state index contributed by atoms with van der Waals surface area (Å²) in [7, 11) is 0. The molecule has 1 aliphatic heterocycles. The van der Waals surface area contributed by atoms with Gasteiger partial charge in [-0.15, -0.1) is 0 Å². The Morgan fingerprint density at radius 2 is 1.18 bits per heavy atom. The Morgan fingerprint density at radius 3 is 1.64 bits per heavy atom. The molecule has 1 heterocycles. The minimum absolute atomic E-state index is 0.906. The molecule has 132 valence electrons. The quantitative estimate of drug-likeness (QED) is 0.281. The van der Waals surface area contributed by atoms with Gasteiger partial charge in [0, 0.05) is 0 Å². The molecule has 0 radical (unpaired) electrons. The molecule has 0 saturated carbocycles. The van der Waals surface area contributed by atoms with E-state index in [9.17, 15) is 0 Å². The molecule has 0 aromatic heterocycles. The van der Waals surface area contributed by atoms with Crippen molar-refractivity contribution in [1.29, 1.82) is 0 Å². The summed E-state index contributed by atoms with van der Waals surface area (Å²) >= 11 is -1.99. The van der Waals surface area contributed by atoms with Crippen LogP contribution in [0.2, 0.25) is 16.7 Å². The van der Waals surface area contributed by atoms with Crippen molar-refractivity contribution in [2.75, 3.05) is 0 Å². The zero-order valence-electron chi connectivity index (χ0n) is 16.3. The van der Waals surface area contributed by atoms with Gasteiger partial charge < -0.3 is 0 Å². The second kappa shape index (κ2) is 11.4. The Bertz CT molecular complexity index is 227. The molecule has 22 heavy (non-hydrogen) atoms. The van der Waals surface area contributed by atoms with Gasteiger partial charge in [-0.3, -0.25) is 0 Å². The van der Waals surface area contributed by atoms with Crippen LogP contribution in [0.3, 0.4) is 0 Å². The molecule has 0 aliphatic carbocycles. The summed E-state index contributed by atoms with van der Waals surface area (Å²) in [6.45, 7) is 9.65. The summed E-state index contributed by atoms with van der Waals surface area (Å²) < 4.78 is 6.13. The van der Waals surface area contributed by atoms with Gasteiger partial charge in [-0.05, 0) is 0 Å². The van der Waals surface area contributed by atoms with Gasteiger partial charge in [0.05, 0.1) is 0 Å². The van der Waals surface area contributed by atoms with Gasteiger partial charge >= 0.3 is 146 Å². The maximum absolute atomic E-state index is 2.42. The van der Waals surface area contributed by atoms with E-state index in [-0.39, 0.29) is 0 Å². The SMILES string of the molecule is CCCC[C]1(CCCC)CCC[CH2][Sn]1([CH2]CCC)[CH2]CCC. The molecule has 1 saturated heterocycles. The molecule has 0 unspecified atom stereocenters. The van der Waals surface area contributed by atoms with E-state index in [2.05, 4.69) is 27.7 Å². The normalized spacial score (nSPS) is 20.2. The van der Waals surface area contributed by atoms with E-state index < -0.39 is 18.4 Å². The van der Waals surface area contributed by atoms with Crippen LogP contribution in [0.1, 0.15) is 111 Å². The third-order valence-electron chi connectivity index (χ3n) is 6.72. The van der Waals surface area contributed by atoms with Crippen molar-refractivity contribution >= 4 is 18.4 Å². The topological polar surface area (TPSA) is 0 Å². The standard InChI is InChI=1S/C13H26.2C4H9.Sn/c1-4-7-10-13(11-8-5-2)12-9-6-3;2*1-3-4-2;/h1,4-12H2,2-3H3;2*1,3-4H2,2H3;. The van der Waals surface area contributed by atoms with Gasteiger partial charge in [-0.1, -0.05) is 0 Å². The predicted molar refractivity (Wildman–Crippen MR) is 106 cm³/mol. The second-order valence-corrected chi connectivity index (χ2v) is 22.8.